The van der Waals surface area contributed by atoms with Gasteiger partial charge >= 0.3 is 0 Å². The number of hydrogen-bond donors (Lipinski definition) is 1. The molecule has 0 saturated carbocycles. The van der Waals surface area contributed by atoms with Crippen LogP contribution in [0.5, 0.6) is 5.75 Å². The monoisotopic (exact) mass is 460 g/mol. The Morgan fingerprint density at radius 1 is 1.13 bits per heavy atom. The Morgan fingerprint density at radius 2 is 1.87 bits per heavy atom. The second kappa shape index (κ2) is 9.10. The van der Waals surface area contributed by atoms with Crippen molar-refractivity contribution < 1.29 is 22.7 Å². The van der Waals surface area contributed by atoms with Gasteiger partial charge in [-0.3, -0.25) is 10.1 Å². The molecule has 1 aromatic heterocycles. The van der Waals surface area contributed by atoms with Crippen molar-refractivity contribution in [3.63, 3.8) is 0 Å². The van der Waals surface area contributed by atoms with E-state index in [9.17, 15) is 13.2 Å². The lowest BCUT2D eigenvalue weighted by Crippen LogP contribution is -2.40. The van der Waals surface area contributed by atoms with Gasteiger partial charge in [-0.2, -0.15) is 4.31 Å². The van der Waals surface area contributed by atoms with Crippen molar-refractivity contribution in [2.24, 2.45) is 0 Å². The van der Waals surface area contributed by atoms with Crippen LogP contribution in [-0.4, -0.2) is 62.2 Å². The first kappa shape index (κ1) is 21.4. The summed E-state index contributed by atoms with van der Waals surface area (Å²) in [6, 6.07) is 13.8. The van der Waals surface area contributed by atoms with Crippen molar-refractivity contribution in [3.05, 3.63) is 54.1 Å². The third-order valence-electron chi connectivity index (χ3n) is 4.68. The van der Waals surface area contributed by atoms with E-state index in [1.165, 1.54) is 41.0 Å². The number of aromatic nitrogens is 2. The van der Waals surface area contributed by atoms with Gasteiger partial charge in [0, 0.05) is 24.2 Å². The number of ether oxygens (including phenoxy) is 2. The summed E-state index contributed by atoms with van der Waals surface area (Å²) >= 11 is 1.23. The number of nitrogens with zero attached hydrogens (tertiary/aromatic N) is 3. The molecule has 0 unspecified atom stereocenters. The molecule has 2 aromatic carbocycles. The fourth-order valence-electron chi connectivity index (χ4n) is 3.09. The van der Waals surface area contributed by atoms with E-state index < -0.39 is 15.9 Å². The van der Waals surface area contributed by atoms with Crippen molar-refractivity contribution in [2.45, 2.75) is 4.90 Å². The van der Waals surface area contributed by atoms with E-state index in [1.54, 1.807) is 0 Å². The molecule has 1 saturated heterocycles. The van der Waals surface area contributed by atoms with Crippen LogP contribution in [0.25, 0.3) is 10.6 Å². The molecule has 0 spiro atoms. The van der Waals surface area contributed by atoms with E-state index in [1.807, 2.05) is 30.3 Å². The predicted molar refractivity (Wildman–Crippen MR) is 116 cm³/mol. The summed E-state index contributed by atoms with van der Waals surface area (Å²) in [6.07, 6.45) is 0. The average molecular weight is 461 g/mol. The Hall–Kier alpha value is -2.86. The van der Waals surface area contributed by atoms with Crippen LogP contribution in [0.3, 0.4) is 0 Å². The van der Waals surface area contributed by atoms with Gasteiger partial charge in [-0.15, -0.1) is 10.2 Å². The average Bonchev–Trinajstić information content (AvgIpc) is 3.28. The molecule has 162 valence electrons. The maximum Gasteiger partial charge on any atom is 0.257 e. The number of anilines is 1. The van der Waals surface area contributed by atoms with E-state index in [-0.39, 0.29) is 29.3 Å². The highest BCUT2D eigenvalue weighted by Crippen LogP contribution is 2.30. The number of sulfonamides is 1. The minimum absolute atomic E-state index is 0.0632. The molecule has 0 atom stereocenters. The number of nitrogens with one attached hydrogen (secondary N) is 1. The Bertz CT molecular complexity index is 1180. The lowest BCUT2D eigenvalue weighted by molar-refractivity contribution is 0.0729. The molecular weight excluding hydrogens is 440 g/mol. The van der Waals surface area contributed by atoms with E-state index in [0.717, 1.165) is 5.56 Å². The van der Waals surface area contributed by atoms with Crippen LogP contribution in [0.15, 0.2) is 53.4 Å². The van der Waals surface area contributed by atoms with Gasteiger partial charge < -0.3 is 9.47 Å². The zero-order valence-corrected chi connectivity index (χ0v) is 18.3. The molecule has 1 aliphatic heterocycles. The Labute approximate surface area is 183 Å². The number of carbonyl (C=O) groups excluding carboxylic acids is 1. The predicted octanol–water partition coefficient (Wildman–Crippen LogP) is 2.49. The highest BCUT2D eigenvalue weighted by atomic mass is 32.2. The lowest BCUT2D eigenvalue weighted by atomic mass is 10.2. The Balaban J connectivity index is 1.58. The largest absolute Gasteiger partial charge is 0.495 e. The zero-order chi connectivity index (χ0) is 21.8. The molecule has 1 fully saturated rings. The molecule has 1 N–H and O–H groups in total. The molecule has 0 radical (unpaired) electrons. The Morgan fingerprint density at radius 3 is 2.58 bits per heavy atom. The number of methoxy groups -OCH3 is 1. The molecule has 0 aliphatic carbocycles. The van der Waals surface area contributed by atoms with E-state index in [2.05, 4.69) is 15.5 Å². The van der Waals surface area contributed by atoms with Crippen LogP contribution in [0.2, 0.25) is 0 Å². The highest BCUT2D eigenvalue weighted by Gasteiger charge is 2.30. The first-order chi connectivity index (χ1) is 15.0. The first-order valence-corrected chi connectivity index (χ1v) is 11.7. The second-order valence-electron chi connectivity index (χ2n) is 6.61. The van der Waals surface area contributed by atoms with Gasteiger partial charge in [0.15, 0.2) is 0 Å². The topological polar surface area (TPSA) is 111 Å². The van der Waals surface area contributed by atoms with Gasteiger partial charge in [0.25, 0.3) is 5.91 Å². The van der Waals surface area contributed by atoms with Crippen molar-refractivity contribution in [2.75, 3.05) is 38.7 Å². The van der Waals surface area contributed by atoms with E-state index in [4.69, 9.17) is 9.47 Å². The number of hydrogen-bond acceptors (Lipinski definition) is 8. The summed E-state index contributed by atoms with van der Waals surface area (Å²) in [6.45, 7) is 1.13. The van der Waals surface area contributed by atoms with Gasteiger partial charge in [0.1, 0.15) is 15.7 Å². The molecule has 3 aromatic rings. The number of rotatable bonds is 6. The lowest BCUT2D eigenvalue weighted by Gasteiger charge is -2.26. The maximum atomic E-state index is 13.1. The van der Waals surface area contributed by atoms with Crippen LogP contribution in [-0.2, 0) is 14.8 Å². The molecule has 9 nitrogen and oxygen atoms in total. The van der Waals surface area contributed by atoms with Crippen LogP contribution in [0.1, 0.15) is 10.4 Å². The third kappa shape index (κ3) is 4.59. The Kier molecular flexibility index (Phi) is 6.28. The van der Waals surface area contributed by atoms with Crippen LogP contribution in [0.4, 0.5) is 5.13 Å². The fourth-order valence-corrected chi connectivity index (χ4v) is 5.42. The summed E-state index contributed by atoms with van der Waals surface area (Å²) < 4.78 is 38.0. The van der Waals surface area contributed by atoms with Gasteiger partial charge in [-0.1, -0.05) is 41.7 Å². The standard InChI is InChI=1S/C20H20N4O5S2/c1-28-16-8-7-15(13-17(16)31(26,27)24-9-11-29-12-10-24)18(25)21-20-23-22-19(30-20)14-5-3-2-4-6-14/h2-8,13H,9-12H2,1H3,(H,21,23,25). The van der Waals surface area contributed by atoms with E-state index >= 15 is 0 Å². The fraction of sp³-hybridized carbons (Fsp3) is 0.250. The number of morpholine rings is 1. The first-order valence-electron chi connectivity index (χ1n) is 9.45. The van der Waals surface area contributed by atoms with E-state index in [0.29, 0.717) is 23.4 Å². The number of carbonyl (C=O) groups is 1. The molecule has 1 aliphatic rings. The smallest absolute Gasteiger partial charge is 0.257 e. The highest BCUT2D eigenvalue weighted by molar-refractivity contribution is 7.89. The van der Waals surface area contributed by atoms with Crippen LogP contribution in [0, 0.1) is 0 Å². The normalized spacial score (nSPS) is 14.9. The minimum Gasteiger partial charge on any atom is -0.495 e. The van der Waals surface area contributed by atoms with Gasteiger partial charge in [-0.25, -0.2) is 8.42 Å². The summed E-state index contributed by atoms with van der Waals surface area (Å²) in [5, 5.41) is 11.8. The molecule has 2 heterocycles. The molecule has 31 heavy (non-hydrogen) atoms. The van der Waals surface area contributed by atoms with Crippen molar-refractivity contribution >= 4 is 32.4 Å². The van der Waals surface area contributed by atoms with Crippen molar-refractivity contribution in [3.8, 4) is 16.3 Å². The SMILES string of the molecule is COc1ccc(C(=O)Nc2nnc(-c3ccccc3)s2)cc1S(=O)(=O)N1CCOCC1. The maximum absolute atomic E-state index is 13.1. The van der Waals surface area contributed by atoms with Gasteiger partial charge in [0.2, 0.25) is 15.2 Å². The number of amides is 1. The molecular formula is C20H20N4O5S2. The summed E-state index contributed by atoms with van der Waals surface area (Å²) in [7, 11) is -2.45. The third-order valence-corrected chi connectivity index (χ3v) is 7.49. The minimum atomic E-state index is -3.84. The molecule has 1 amide bonds. The van der Waals surface area contributed by atoms with Gasteiger partial charge in [-0.05, 0) is 18.2 Å². The quantitative estimate of drug-likeness (QED) is 0.602. The number of benzene rings is 2. The molecule has 0 bridgehead atoms. The van der Waals surface area contributed by atoms with Crippen LogP contribution >= 0.6 is 11.3 Å². The van der Waals surface area contributed by atoms with Crippen molar-refractivity contribution in [1.29, 1.82) is 0 Å². The van der Waals surface area contributed by atoms with Crippen molar-refractivity contribution in [1.82, 2.24) is 14.5 Å². The second-order valence-corrected chi connectivity index (χ2v) is 9.50. The van der Waals surface area contributed by atoms with Gasteiger partial charge in [0.05, 0.1) is 20.3 Å². The summed E-state index contributed by atoms with van der Waals surface area (Å²) in [5.41, 5.74) is 1.06. The molecule has 4 rings (SSSR count). The van der Waals surface area contributed by atoms with Crippen LogP contribution < -0.4 is 10.1 Å². The molecule has 11 heteroatoms. The zero-order valence-electron chi connectivity index (χ0n) is 16.6. The summed E-state index contributed by atoms with van der Waals surface area (Å²) in [5.74, 6) is -0.317. The summed E-state index contributed by atoms with van der Waals surface area (Å²) in [4.78, 5) is 12.7.